The van der Waals surface area contributed by atoms with Gasteiger partial charge in [-0.1, -0.05) is 12.1 Å². The molecule has 5 rings (SSSR count). The van der Waals surface area contributed by atoms with E-state index in [4.69, 9.17) is 0 Å². The molecule has 2 unspecified atom stereocenters. The van der Waals surface area contributed by atoms with Crippen molar-refractivity contribution in [2.45, 2.75) is 18.1 Å². The molecule has 3 N–H and O–H groups in total. The first-order valence-electron chi connectivity index (χ1n) is 10.8. The molecule has 9 nitrogen and oxygen atoms in total. The predicted octanol–water partition coefficient (Wildman–Crippen LogP) is 1.47. The first kappa shape index (κ1) is 22.0. The minimum Gasteiger partial charge on any atom is -0.375 e. The van der Waals surface area contributed by atoms with Crippen LogP contribution in [0, 0.1) is 11.6 Å². The van der Waals surface area contributed by atoms with Gasteiger partial charge in [0, 0.05) is 37.0 Å². The topological polar surface area (TPSA) is 106 Å². The average Bonchev–Trinajstić information content (AvgIpc) is 3.05. The van der Waals surface area contributed by atoms with Crippen LogP contribution in [0.5, 0.6) is 0 Å². The molecule has 11 heteroatoms. The molecule has 3 amide bonds. The fourth-order valence-corrected chi connectivity index (χ4v) is 4.71. The lowest BCUT2D eigenvalue weighted by molar-refractivity contribution is -0.126. The highest BCUT2D eigenvalue weighted by Gasteiger charge is 2.51. The van der Waals surface area contributed by atoms with Crippen molar-refractivity contribution in [3.05, 3.63) is 64.7 Å². The summed E-state index contributed by atoms with van der Waals surface area (Å²) >= 11 is 0. The van der Waals surface area contributed by atoms with E-state index in [1.807, 2.05) is 0 Å². The lowest BCUT2D eigenvalue weighted by Gasteiger charge is -2.41. The van der Waals surface area contributed by atoms with Crippen molar-refractivity contribution in [2.24, 2.45) is 5.10 Å². The highest BCUT2D eigenvalue weighted by molar-refractivity contribution is 6.18. The maximum Gasteiger partial charge on any atom is 0.328 e. The second-order valence-electron chi connectivity index (χ2n) is 8.36. The summed E-state index contributed by atoms with van der Waals surface area (Å²) in [5, 5.41) is 10.6. The summed E-state index contributed by atoms with van der Waals surface area (Å²) in [7, 11) is 1.54. The van der Waals surface area contributed by atoms with Gasteiger partial charge in [0.05, 0.1) is 17.8 Å². The first-order chi connectivity index (χ1) is 16.4. The third-order valence-corrected chi connectivity index (χ3v) is 6.39. The average molecular weight is 468 g/mol. The number of carbonyl (C=O) groups is 3. The summed E-state index contributed by atoms with van der Waals surface area (Å²) in [6.45, 7) is 1.10. The Morgan fingerprint density at radius 1 is 1.12 bits per heavy atom. The van der Waals surface area contributed by atoms with E-state index in [1.54, 1.807) is 7.05 Å². The Kier molecular flexibility index (Phi) is 5.48. The normalized spacial score (nSPS) is 23.6. The molecule has 2 atom stereocenters. The number of hydrazone groups is 1. The molecule has 3 heterocycles. The molecule has 0 aromatic heterocycles. The first-order valence-corrected chi connectivity index (χ1v) is 10.8. The van der Waals surface area contributed by atoms with Crippen LogP contribution in [0.25, 0.3) is 0 Å². The molecule has 34 heavy (non-hydrogen) atoms. The van der Waals surface area contributed by atoms with E-state index in [1.165, 1.54) is 35.2 Å². The van der Waals surface area contributed by atoms with E-state index in [2.05, 4.69) is 21.2 Å². The number of benzene rings is 2. The minimum absolute atomic E-state index is 0.0261. The number of rotatable bonds is 5. The van der Waals surface area contributed by atoms with E-state index >= 15 is 0 Å². The fraction of sp³-hybridized carbons (Fsp3) is 0.304. The third kappa shape index (κ3) is 3.48. The standard InChI is InChI=1S/C23H22F2N6O3/c1-26-29-21-19-13(11-32)6-15(25)7-17(19)28-20(12-2-4-14(24)5-3-12)22(21)31-18(33)10-30(23(31)34)16-8-27-9-16/h2-7,11,16,20,22,26-28H,8-10H2,1H3/b29-21+. The van der Waals surface area contributed by atoms with E-state index in [0.29, 0.717) is 30.5 Å². The van der Waals surface area contributed by atoms with Crippen molar-refractivity contribution in [3.8, 4) is 0 Å². The molecule has 3 aliphatic rings. The summed E-state index contributed by atoms with van der Waals surface area (Å²) in [5.41, 5.74) is 4.06. The van der Waals surface area contributed by atoms with E-state index in [0.717, 1.165) is 11.0 Å². The molecule has 0 aliphatic carbocycles. The number of nitrogens with zero attached hydrogens (tertiary/aromatic N) is 3. The molecule has 0 spiro atoms. The number of carbonyl (C=O) groups excluding carboxylic acids is 3. The molecule has 2 aromatic carbocycles. The molecular formula is C23H22F2N6O3. The van der Waals surface area contributed by atoms with Crippen molar-refractivity contribution in [3.63, 3.8) is 0 Å². The molecule has 2 aromatic rings. The van der Waals surface area contributed by atoms with Crippen LogP contribution in [-0.2, 0) is 4.79 Å². The number of urea groups is 1. The van der Waals surface area contributed by atoms with Crippen molar-refractivity contribution in [2.75, 3.05) is 32.0 Å². The van der Waals surface area contributed by atoms with E-state index in [-0.39, 0.29) is 29.5 Å². The number of nitrogens with one attached hydrogen (secondary N) is 3. The largest absolute Gasteiger partial charge is 0.375 e. The zero-order valence-corrected chi connectivity index (χ0v) is 18.2. The minimum atomic E-state index is -0.979. The van der Waals surface area contributed by atoms with Crippen LogP contribution in [0.4, 0.5) is 19.3 Å². The highest BCUT2D eigenvalue weighted by Crippen LogP contribution is 2.39. The number of aldehydes is 1. The van der Waals surface area contributed by atoms with E-state index < -0.39 is 35.7 Å². The van der Waals surface area contributed by atoms with Crippen LogP contribution in [0.3, 0.4) is 0 Å². The van der Waals surface area contributed by atoms with Crippen molar-refractivity contribution >= 4 is 29.6 Å². The van der Waals surface area contributed by atoms with Gasteiger partial charge in [-0.25, -0.2) is 13.6 Å². The van der Waals surface area contributed by atoms with Gasteiger partial charge in [0.15, 0.2) is 6.29 Å². The molecule has 0 bridgehead atoms. The summed E-state index contributed by atoms with van der Waals surface area (Å²) in [6, 6.07) is 5.56. The van der Waals surface area contributed by atoms with Crippen LogP contribution in [0.1, 0.15) is 27.5 Å². The molecular weight excluding hydrogens is 446 g/mol. The van der Waals surface area contributed by atoms with Crippen molar-refractivity contribution < 1.29 is 23.2 Å². The van der Waals surface area contributed by atoms with Gasteiger partial charge in [-0.05, 0) is 29.8 Å². The molecule has 176 valence electrons. The molecule has 2 fully saturated rings. The van der Waals surface area contributed by atoms with Crippen molar-refractivity contribution in [1.29, 1.82) is 0 Å². The Bertz CT molecular complexity index is 1200. The Balaban J connectivity index is 1.69. The zero-order valence-electron chi connectivity index (χ0n) is 18.2. The van der Waals surface area contributed by atoms with Gasteiger partial charge in [-0.3, -0.25) is 14.5 Å². The van der Waals surface area contributed by atoms with Crippen LogP contribution in [-0.4, -0.2) is 72.5 Å². The lowest BCUT2D eigenvalue weighted by atomic mass is 9.84. The third-order valence-electron chi connectivity index (χ3n) is 6.39. The van der Waals surface area contributed by atoms with E-state index in [9.17, 15) is 23.2 Å². The Morgan fingerprint density at radius 2 is 1.85 bits per heavy atom. The maximum atomic E-state index is 14.3. The number of amides is 3. The van der Waals surface area contributed by atoms with Gasteiger partial charge in [-0.15, -0.1) is 0 Å². The van der Waals surface area contributed by atoms with Gasteiger partial charge in [0.1, 0.15) is 24.2 Å². The molecule has 0 radical (unpaired) electrons. The van der Waals surface area contributed by atoms with Gasteiger partial charge in [0.25, 0.3) is 5.91 Å². The summed E-state index contributed by atoms with van der Waals surface area (Å²) < 4.78 is 28.0. The number of fused-ring (bicyclic) bond motifs is 1. The Labute approximate surface area is 193 Å². The van der Waals surface area contributed by atoms with Gasteiger partial charge in [0.2, 0.25) is 0 Å². The van der Waals surface area contributed by atoms with Crippen LogP contribution >= 0.6 is 0 Å². The maximum absolute atomic E-state index is 14.3. The highest BCUT2D eigenvalue weighted by atomic mass is 19.1. The quantitative estimate of drug-likeness (QED) is 0.349. The zero-order chi connectivity index (χ0) is 24.0. The smallest absolute Gasteiger partial charge is 0.328 e. The number of anilines is 1. The lowest BCUT2D eigenvalue weighted by Crippen LogP contribution is -2.59. The number of hydrogen-bond donors (Lipinski definition) is 3. The number of halogens is 2. The summed E-state index contributed by atoms with van der Waals surface area (Å²) in [5.74, 6) is -1.50. The SMILES string of the molecule is CN/N=C1\c2c(C=O)cc(F)cc2NC(c2ccc(F)cc2)C1N1C(=O)CN(C2CNC2)C1=O. The van der Waals surface area contributed by atoms with Gasteiger partial charge in [-0.2, -0.15) is 5.10 Å². The molecule has 2 saturated heterocycles. The summed E-state index contributed by atoms with van der Waals surface area (Å²) in [4.78, 5) is 41.1. The van der Waals surface area contributed by atoms with Crippen LogP contribution in [0.15, 0.2) is 41.5 Å². The second kappa shape index (κ2) is 8.49. The van der Waals surface area contributed by atoms with Gasteiger partial charge < -0.3 is 21.0 Å². The molecule has 0 saturated carbocycles. The predicted molar refractivity (Wildman–Crippen MR) is 120 cm³/mol. The van der Waals surface area contributed by atoms with Crippen LogP contribution < -0.4 is 16.1 Å². The number of imide groups is 1. The Morgan fingerprint density at radius 3 is 2.47 bits per heavy atom. The van der Waals surface area contributed by atoms with Crippen LogP contribution in [0.2, 0.25) is 0 Å². The number of hydrogen-bond acceptors (Lipinski definition) is 7. The summed E-state index contributed by atoms with van der Waals surface area (Å²) in [6.07, 6.45) is 0.504. The fourth-order valence-electron chi connectivity index (χ4n) is 4.71. The monoisotopic (exact) mass is 468 g/mol. The van der Waals surface area contributed by atoms with Crippen molar-refractivity contribution in [1.82, 2.24) is 20.5 Å². The second-order valence-corrected chi connectivity index (χ2v) is 8.36. The Hall–Kier alpha value is -3.86. The van der Waals surface area contributed by atoms with Gasteiger partial charge >= 0.3 is 6.03 Å². The molecule has 3 aliphatic heterocycles.